The number of alkyl halides is 1. The number of carbonyl (C=O) groups is 2. The van der Waals surface area contributed by atoms with Crippen molar-refractivity contribution in [2.45, 2.75) is 26.4 Å². The molecule has 4 heteroatoms. The molecule has 0 saturated heterocycles. The van der Waals surface area contributed by atoms with Gasteiger partial charge in [0, 0.05) is 16.5 Å². The number of hydrogen-bond acceptors (Lipinski definition) is 2. The van der Waals surface area contributed by atoms with Crippen molar-refractivity contribution >= 4 is 23.2 Å². The Morgan fingerprint density at radius 3 is 2.59 bits per heavy atom. The third kappa shape index (κ3) is 3.37. The molecule has 0 aromatic heterocycles. The van der Waals surface area contributed by atoms with Crippen molar-refractivity contribution in [2.75, 3.05) is 0 Å². The van der Waals surface area contributed by atoms with E-state index in [1.807, 2.05) is 0 Å². The van der Waals surface area contributed by atoms with Gasteiger partial charge in [0.15, 0.2) is 5.78 Å². The fraction of sp³-hybridized carbons (Fsp3) is 0.385. The molecule has 0 aliphatic rings. The second kappa shape index (κ2) is 5.92. The van der Waals surface area contributed by atoms with Crippen LogP contribution >= 0.6 is 11.6 Å². The Labute approximate surface area is 105 Å². The Morgan fingerprint density at radius 2 is 2.06 bits per heavy atom. The van der Waals surface area contributed by atoms with E-state index >= 15 is 0 Å². The Hall–Kier alpha value is -1.22. The molecule has 0 N–H and O–H groups in total. The highest BCUT2D eigenvalue weighted by Crippen LogP contribution is 2.16. The normalized spacial score (nSPS) is 14.1. The lowest BCUT2D eigenvalue weighted by molar-refractivity contribution is -0.125. The number of Topliss-reactive ketones (excluding diaryl/α,β-unsaturated/α-hetero) is 2. The maximum atomic E-state index is 13.7. The summed E-state index contributed by atoms with van der Waals surface area (Å²) in [4.78, 5) is 23.2. The van der Waals surface area contributed by atoms with E-state index in [1.54, 1.807) is 26.0 Å². The molecule has 0 amide bonds. The molecule has 0 saturated carbocycles. The van der Waals surface area contributed by atoms with Gasteiger partial charge in [0.05, 0.1) is 0 Å². The van der Waals surface area contributed by atoms with Gasteiger partial charge in [0.1, 0.15) is 0 Å². The Balaban J connectivity index is 2.87. The minimum absolute atomic E-state index is 0.127. The third-order valence-electron chi connectivity index (χ3n) is 2.69. The molecule has 0 heterocycles. The second-order valence-electron chi connectivity index (χ2n) is 3.95. The number of carbonyl (C=O) groups excluding carboxylic acids is 2. The first-order chi connectivity index (χ1) is 7.97. The van der Waals surface area contributed by atoms with Gasteiger partial charge in [0.25, 0.3) is 0 Å². The first-order valence-corrected chi connectivity index (χ1v) is 5.82. The van der Waals surface area contributed by atoms with Crippen LogP contribution in [0.1, 0.15) is 30.6 Å². The molecule has 92 valence electrons. The van der Waals surface area contributed by atoms with Crippen molar-refractivity contribution in [2.24, 2.45) is 5.92 Å². The van der Waals surface area contributed by atoms with Crippen LogP contribution < -0.4 is 0 Å². The lowest BCUT2D eigenvalue weighted by Gasteiger charge is -2.11. The van der Waals surface area contributed by atoms with Gasteiger partial charge in [-0.1, -0.05) is 37.6 Å². The zero-order valence-corrected chi connectivity index (χ0v) is 10.5. The highest BCUT2D eigenvalue weighted by molar-refractivity contribution is 6.31. The zero-order chi connectivity index (χ0) is 13.0. The van der Waals surface area contributed by atoms with E-state index in [1.165, 1.54) is 12.1 Å². The highest BCUT2D eigenvalue weighted by Gasteiger charge is 2.29. The molecule has 2 unspecified atom stereocenters. The van der Waals surface area contributed by atoms with Crippen molar-refractivity contribution in [3.63, 3.8) is 0 Å². The van der Waals surface area contributed by atoms with Crippen LogP contribution in [0.25, 0.3) is 0 Å². The molecule has 1 rings (SSSR count). The number of benzene rings is 1. The van der Waals surface area contributed by atoms with Crippen LogP contribution in [0.5, 0.6) is 0 Å². The van der Waals surface area contributed by atoms with Crippen LogP contribution in [0, 0.1) is 5.92 Å². The van der Waals surface area contributed by atoms with Gasteiger partial charge in [-0.2, -0.15) is 0 Å². The van der Waals surface area contributed by atoms with Crippen molar-refractivity contribution < 1.29 is 14.0 Å². The molecule has 17 heavy (non-hydrogen) atoms. The average Bonchev–Trinajstić information content (AvgIpc) is 2.35. The Bertz CT molecular complexity index is 431. The summed E-state index contributed by atoms with van der Waals surface area (Å²) in [6, 6.07) is 5.95. The summed E-state index contributed by atoms with van der Waals surface area (Å²) in [5, 5.41) is 0.346. The Kier molecular flexibility index (Phi) is 4.82. The van der Waals surface area contributed by atoms with Crippen LogP contribution in [0.3, 0.4) is 0 Å². The van der Waals surface area contributed by atoms with Gasteiger partial charge in [-0.3, -0.25) is 9.59 Å². The van der Waals surface area contributed by atoms with E-state index in [2.05, 4.69) is 0 Å². The van der Waals surface area contributed by atoms with Gasteiger partial charge in [0.2, 0.25) is 12.0 Å². The maximum absolute atomic E-state index is 13.7. The van der Waals surface area contributed by atoms with Gasteiger partial charge in [-0.15, -0.1) is 0 Å². The van der Waals surface area contributed by atoms with E-state index in [9.17, 15) is 14.0 Å². The van der Waals surface area contributed by atoms with Gasteiger partial charge in [-0.05, 0) is 18.6 Å². The summed E-state index contributed by atoms with van der Waals surface area (Å²) in [7, 11) is 0. The zero-order valence-electron chi connectivity index (χ0n) is 9.74. The molecule has 0 fully saturated rings. The Morgan fingerprint density at radius 1 is 1.41 bits per heavy atom. The first-order valence-electron chi connectivity index (χ1n) is 5.45. The average molecular weight is 257 g/mol. The number of ketones is 2. The predicted molar refractivity (Wildman–Crippen MR) is 65.1 cm³/mol. The molecular formula is C13H14ClFO2. The van der Waals surface area contributed by atoms with Crippen LogP contribution in [-0.2, 0) is 4.79 Å². The van der Waals surface area contributed by atoms with E-state index in [0.717, 1.165) is 0 Å². The predicted octanol–water partition coefficient (Wildman–Crippen LogP) is 3.48. The van der Waals surface area contributed by atoms with Crippen molar-refractivity contribution in [3.05, 3.63) is 34.9 Å². The second-order valence-corrected chi connectivity index (χ2v) is 4.39. The van der Waals surface area contributed by atoms with E-state index in [4.69, 9.17) is 11.6 Å². The molecule has 0 radical (unpaired) electrons. The van der Waals surface area contributed by atoms with E-state index < -0.39 is 23.7 Å². The summed E-state index contributed by atoms with van der Waals surface area (Å²) < 4.78 is 13.7. The minimum atomic E-state index is -2.09. The minimum Gasteiger partial charge on any atom is -0.296 e. The van der Waals surface area contributed by atoms with E-state index in [0.29, 0.717) is 11.4 Å². The smallest absolute Gasteiger partial charge is 0.221 e. The summed E-state index contributed by atoms with van der Waals surface area (Å²) >= 11 is 5.70. The van der Waals surface area contributed by atoms with Crippen LogP contribution in [0.15, 0.2) is 24.3 Å². The number of rotatable bonds is 5. The molecule has 0 spiro atoms. The summed E-state index contributed by atoms with van der Waals surface area (Å²) in [5.74, 6) is -1.94. The molecule has 2 nitrogen and oxygen atoms in total. The lowest BCUT2D eigenvalue weighted by atomic mass is 9.95. The quantitative estimate of drug-likeness (QED) is 0.597. The van der Waals surface area contributed by atoms with Crippen LogP contribution in [-0.4, -0.2) is 17.7 Å². The third-order valence-corrected chi connectivity index (χ3v) is 2.92. The summed E-state index contributed by atoms with van der Waals surface area (Å²) in [6.45, 7) is 3.39. The molecule has 0 aliphatic heterocycles. The first kappa shape index (κ1) is 13.8. The molecular weight excluding hydrogens is 243 g/mol. The van der Waals surface area contributed by atoms with Crippen LogP contribution in [0.2, 0.25) is 5.02 Å². The maximum Gasteiger partial charge on any atom is 0.221 e. The molecule has 1 aromatic rings. The van der Waals surface area contributed by atoms with Crippen molar-refractivity contribution in [3.8, 4) is 0 Å². The van der Waals surface area contributed by atoms with Gasteiger partial charge < -0.3 is 0 Å². The van der Waals surface area contributed by atoms with Gasteiger partial charge in [-0.25, -0.2) is 4.39 Å². The summed E-state index contributed by atoms with van der Waals surface area (Å²) in [5.41, 5.74) is 0.127. The number of hydrogen-bond donors (Lipinski definition) is 0. The van der Waals surface area contributed by atoms with Gasteiger partial charge >= 0.3 is 0 Å². The lowest BCUT2D eigenvalue weighted by Crippen LogP contribution is -2.30. The topological polar surface area (TPSA) is 34.1 Å². The largest absolute Gasteiger partial charge is 0.296 e. The molecule has 1 aromatic carbocycles. The standard InChI is InChI=1S/C13H14ClFO2/c1-3-8(2)12(16)11(15)13(17)9-5-4-6-10(14)7-9/h4-8,11H,3H2,1-2H3. The fourth-order valence-corrected chi connectivity index (χ4v) is 1.56. The molecule has 0 bridgehead atoms. The molecule has 2 atom stereocenters. The molecule has 0 aliphatic carbocycles. The fourth-order valence-electron chi connectivity index (χ4n) is 1.37. The van der Waals surface area contributed by atoms with Crippen molar-refractivity contribution in [1.29, 1.82) is 0 Å². The SMILES string of the molecule is CCC(C)C(=O)C(F)C(=O)c1cccc(Cl)c1. The van der Waals surface area contributed by atoms with E-state index in [-0.39, 0.29) is 5.56 Å². The van der Waals surface area contributed by atoms with Crippen molar-refractivity contribution in [1.82, 2.24) is 0 Å². The van der Waals surface area contributed by atoms with Crippen LogP contribution in [0.4, 0.5) is 4.39 Å². The highest BCUT2D eigenvalue weighted by atomic mass is 35.5. The number of halogens is 2. The monoisotopic (exact) mass is 256 g/mol. The summed E-state index contributed by atoms with van der Waals surface area (Å²) in [6.07, 6.45) is -1.58.